The molecule has 0 atom stereocenters. The Morgan fingerprint density at radius 2 is 1.83 bits per heavy atom. The van der Waals surface area contributed by atoms with Gasteiger partial charge in [0, 0.05) is 48.9 Å². The summed E-state index contributed by atoms with van der Waals surface area (Å²) >= 11 is 1.95. The van der Waals surface area contributed by atoms with Gasteiger partial charge in [-0.25, -0.2) is 0 Å². The molecule has 4 nitrogen and oxygen atoms in total. The molecule has 5 heteroatoms. The van der Waals surface area contributed by atoms with Crippen LogP contribution >= 0.6 is 11.3 Å². The Hall–Kier alpha value is -0.910. The number of carbonyl (C=O) groups excluding carboxylic acids is 1. The third kappa shape index (κ3) is 5.03. The minimum Gasteiger partial charge on any atom is -0.341 e. The Bertz CT molecular complexity index is 510. The van der Waals surface area contributed by atoms with Gasteiger partial charge in [0.1, 0.15) is 0 Å². The molecule has 2 fully saturated rings. The number of nitrogens with zero attached hydrogens (tertiary/aromatic N) is 3. The molecule has 2 aliphatic heterocycles. The first kappa shape index (κ1) is 16.9. The summed E-state index contributed by atoms with van der Waals surface area (Å²) in [6.07, 6.45) is 5.70. The van der Waals surface area contributed by atoms with Crippen LogP contribution in [0.4, 0.5) is 0 Å². The second kappa shape index (κ2) is 8.27. The summed E-state index contributed by atoms with van der Waals surface area (Å²) in [6.45, 7) is 7.43. The molecule has 1 aromatic rings. The molecule has 0 spiro atoms. The normalized spacial score (nSPS) is 19.9. The fourth-order valence-electron chi connectivity index (χ4n) is 3.49. The Labute approximate surface area is 144 Å². The van der Waals surface area contributed by atoms with Gasteiger partial charge in [0.05, 0.1) is 0 Å². The average Bonchev–Trinajstić information content (AvgIpc) is 3.19. The van der Waals surface area contributed by atoms with Crippen molar-refractivity contribution in [1.29, 1.82) is 0 Å². The van der Waals surface area contributed by atoms with E-state index in [0.29, 0.717) is 5.91 Å². The lowest BCUT2D eigenvalue weighted by atomic mass is 10.1. The van der Waals surface area contributed by atoms with E-state index in [4.69, 9.17) is 0 Å². The summed E-state index contributed by atoms with van der Waals surface area (Å²) in [6, 6.07) is 4.57. The lowest BCUT2D eigenvalue weighted by Gasteiger charge is -2.28. The van der Waals surface area contributed by atoms with Crippen molar-refractivity contribution < 1.29 is 4.79 Å². The predicted octanol–water partition coefficient (Wildman–Crippen LogP) is 2.79. The molecule has 3 heterocycles. The van der Waals surface area contributed by atoms with Crippen molar-refractivity contribution in [2.45, 2.75) is 45.2 Å². The third-order valence-electron chi connectivity index (χ3n) is 4.89. The van der Waals surface area contributed by atoms with Gasteiger partial charge in [0.15, 0.2) is 0 Å². The van der Waals surface area contributed by atoms with Crippen LogP contribution < -0.4 is 0 Å². The number of hydrogen-bond acceptors (Lipinski definition) is 4. The first-order valence-corrected chi connectivity index (χ1v) is 9.78. The number of rotatable bonds is 7. The van der Waals surface area contributed by atoms with Crippen LogP contribution in [0.1, 0.15) is 41.9 Å². The van der Waals surface area contributed by atoms with Gasteiger partial charge in [-0.05, 0) is 58.0 Å². The molecular weight excluding hydrogens is 306 g/mol. The highest BCUT2D eigenvalue weighted by Gasteiger charge is 2.18. The van der Waals surface area contributed by atoms with Crippen LogP contribution in [0.5, 0.6) is 0 Å². The second-order valence-corrected chi connectivity index (χ2v) is 8.18. The molecule has 1 aromatic heterocycles. The van der Waals surface area contributed by atoms with E-state index < -0.39 is 0 Å². The molecule has 2 saturated heterocycles. The largest absolute Gasteiger partial charge is 0.341 e. The van der Waals surface area contributed by atoms with Gasteiger partial charge in [0.2, 0.25) is 5.91 Å². The maximum absolute atomic E-state index is 11.8. The van der Waals surface area contributed by atoms with Crippen LogP contribution in [0.25, 0.3) is 0 Å². The van der Waals surface area contributed by atoms with Gasteiger partial charge >= 0.3 is 0 Å². The molecule has 0 unspecified atom stereocenters. The van der Waals surface area contributed by atoms with Crippen molar-refractivity contribution >= 4 is 17.2 Å². The predicted molar refractivity (Wildman–Crippen MR) is 95.6 cm³/mol. The molecule has 0 radical (unpaired) electrons. The minimum absolute atomic E-state index is 0.341. The van der Waals surface area contributed by atoms with Crippen LogP contribution in [0, 0.1) is 0 Å². The summed E-state index contributed by atoms with van der Waals surface area (Å²) in [5.41, 5.74) is 0. The number of likely N-dealkylation sites (N-methyl/N-ethyl adjacent to an activating group) is 1. The van der Waals surface area contributed by atoms with Gasteiger partial charge in [-0.1, -0.05) is 0 Å². The first-order valence-electron chi connectivity index (χ1n) is 8.97. The van der Waals surface area contributed by atoms with Crippen LogP contribution in [0.3, 0.4) is 0 Å². The smallest absolute Gasteiger partial charge is 0.222 e. The third-order valence-corrected chi connectivity index (χ3v) is 5.95. The van der Waals surface area contributed by atoms with E-state index in [1.165, 1.54) is 42.1 Å². The summed E-state index contributed by atoms with van der Waals surface area (Å²) < 4.78 is 0. The number of piperidine rings is 1. The van der Waals surface area contributed by atoms with Crippen LogP contribution in [0.15, 0.2) is 12.1 Å². The van der Waals surface area contributed by atoms with Crippen LogP contribution in [0.2, 0.25) is 0 Å². The quantitative estimate of drug-likeness (QED) is 0.767. The first-order chi connectivity index (χ1) is 11.2. The minimum atomic E-state index is 0.341. The Morgan fingerprint density at radius 1 is 1.09 bits per heavy atom. The van der Waals surface area contributed by atoms with E-state index in [0.717, 1.165) is 45.6 Å². The van der Waals surface area contributed by atoms with E-state index in [-0.39, 0.29) is 0 Å². The SMILES string of the molecule is CN(CCN1CCCCC1=O)Cc1ccc(CN2CCCC2)s1. The fourth-order valence-corrected chi connectivity index (χ4v) is 4.63. The van der Waals surface area contributed by atoms with Crippen molar-refractivity contribution in [2.24, 2.45) is 0 Å². The van der Waals surface area contributed by atoms with Crippen molar-refractivity contribution in [2.75, 3.05) is 39.8 Å². The summed E-state index contributed by atoms with van der Waals surface area (Å²) in [4.78, 5) is 21.7. The molecule has 0 bridgehead atoms. The monoisotopic (exact) mass is 335 g/mol. The van der Waals surface area contributed by atoms with E-state index in [1.807, 2.05) is 16.2 Å². The number of amides is 1. The number of hydrogen-bond donors (Lipinski definition) is 0. The maximum Gasteiger partial charge on any atom is 0.222 e. The molecule has 2 aliphatic rings. The highest BCUT2D eigenvalue weighted by Crippen LogP contribution is 2.21. The van der Waals surface area contributed by atoms with E-state index in [2.05, 4.69) is 29.0 Å². The topological polar surface area (TPSA) is 26.8 Å². The van der Waals surface area contributed by atoms with Crippen LogP contribution in [-0.2, 0) is 17.9 Å². The molecular formula is C18H29N3OS. The maximum atomic E-state index is 11.8. The van der Waals surface area contributed by atoms with Gasteiger partial charge < -0.3 is 4.90 Å². The van der Waals surface area contributed by atoms with E-state index in [9.17, 15) is 4.79 Å². The zero-order chi connectivity index (χ0) is 16.1. The van der Waals surface area contributed by atoms with Gasteiger partial charge in [-0.3, -0.25) is 14.6 Å². The average molecular weight is 336 g/mol. The Morgan fingerprint density at radius 3 is 2.61 bits per heavy atom. The molecule has 0 aliphatic carbocycles. The molecule has 1 amide bonds. The lowest BCUT2D eigenvalue weighted by molar-refractivity contribution is -0.133. The zero-order valence-corrected chi connectivity index (χ0v) is 15.1. The molecule has 0 saturated carbocycles. The zero-order valence-electron chi connectivity index (χ0n) is 14.3. The molecule has 23 heavy (non-hydrogen) atoms. The van der Waals surface area contributed by atoms with Crippen molar-refractivity contribution in [3.63, 3.8) is 0 Å². The lowest BCUT2D eigenvalue weighted by Crippen LogP contribution is -2.40. The Balaban J connectivity index is 1.41. The molecule has 128 valence electrons. The second-order valence-electron chi connectivity index (χ2n) is 6.93. The van der Waals surface area contributed by atoms with E-state index in [1.54, 1.807) is 0 Å². The molecule has 0 aromatic carbocycles. The standard InChI is InChI=1S/C18H29N3OS/c1-19(12-13-21-11-3-2-6-18(21)22)14-16-7-8-17(23-16)15-20-9-4-5-10-20/h7-8H,2-6,9-15H2,1H3. The highest BCUT2D eigenvalue weighted by molar-refractivity contribution is 7.11. The van der Waals surface area contributed by atoms with Gasteiger partial charge in [0.25, 0.3) is 0 Å². The summed E-state index contributed by atoms with van der Waals surface area (Å²) in [7, 11) is 2.16. The van der Waals surface area contributed by atoms with Gasteiger partial charge in [-0.15, -0.1) is 11.3 Å². The van der Waals surface area contributed by atoms with Gasteiger partial charge in [-0.2, -0.15) is 0 Å². The number of thiophene rings is 1. The van der Waals surface area contributed by atoms with Crippen molar-refractivity contribution in [1.82, 2.24) is 14.7 Å². The van der Waals surface area contributed by atoms with E-state index >= 15 is 0 Å². The molecule has 0 N–H and O–H groups in total. The van der Waals surface area contributed by atoms with Crippen molar-refractivity contribution in [3.05, 3.63) is 21.9 Å². The summed E-state index contributed by atoms with van der Waals surface area (Å²) in [5, 5.41) is 0. The van der Waals surface area contributed by atoms with Crippen molar-refractivity contribution in [3.8, 4) is 0 Å². The fraction of sp³-hybridized carbons (Fsp3) is 0.722. The Kier molecular flexibility index (Phi) is 6.08. The van der Waals surface area contributed by atoms with Crippen LogP contribution in [-0.4, -0.2) is 60.4 Å². The number of carbonyl (C=O) groups is 1. The molecule has 3 rings (SSSR count). The summed E-state index contributed by atoms with van der Waals surface area (Å²) in [5.74, 6) is 0.341. The highest BCUT2D eigenvalue weighted by atomic mass is 32.1. The number of likely N-dealkylation sites (tertiary alicyclic amines) is 2.